The molecule has 2 aliphatic rings. The Morgan fingerprint density at radius 2 is 1.50 bits per heavy atom. The quantitative estimate of drug-likeness (QED) is 0.857. The van der Waals surface area contributed by atoms with Crippen LogP contribution >= 0.6 is 0 Å². The Kier molecular flexibility index (Phi) is 4.65. The Morgan fingerprint density at radius 1 is 0.875 bits per heavy atom. The second-order valence-electron chi connectivity index (χ2n) is 6.86. The fourth-order valence-corrected chi connectivity index (χ4v) is 3.96. The van der Waals surface area contributed by atoms with E-state index in [4.69, 9.17) is 9.47 Å². The van der Waals surface area contributed by atoms with Gasteiger partial charge in [-0.05, 0) is 17.5 Å². The zero-order chi connectivity index (χ0) is 16.2. The van der Waals surface area contributed by atoms with Crippen molar-refractivity contribution in [1.82, 2.24) is 4.90 Å². The van der Waals surface area contributed by atoms with Gasteiger partial charge in [0.05, 0.1) is 13.2 Å². The third kappa shape index (κ3) is 3.54. The second-order valence-corrected chi connectivity index (χ2v) is 6.86. The lowest BCUT2D eigenvalue weighted by atomic mass is 9.90. The van der Waals surface area contributed by atoms with Gasteiger partial charge < -0.3 is 9.47 Å². The van der Waals surface area contributed by atoms with Gasteiger partial charge in [0, 0.05) is 32.0 Å². The first-order valence-electron chi connectivity index (χ1n) is 8.93. The Morgan fingerprint density at radius 3 is 2.17 bits per heavy atom. The average molecular weight is 323 g/mol. The van der Waals surface area contributed by atoms with E-state index in [0.29, 0.717) is 6.04 Å². The summed E-state index contributed by atoms with van der Waals surface area (Å²) in [5, 5.41) is 0. The molecule has 24 heavy (non-hydrogen) atoms. The zero-order valence-electron chi connectivity index (χ0n) is 14.1. The third-order valence-electron chi connectivity index (χ3n) is 5.20. The highest BCUT2D eigenvalue weighted by Gasteiger charge is 2.44. The lowest BCUT2D eigenvalue weighted by Crippen LogP contribution is -2.51. The summed E-state index contributed by atoms with van der Waals surface area (Å²) in [5.41, 5.74) is 2.76. The summed E-state index contributed by atoms with van der Waals surface area (Å²) in [5.74, 6) is -0.341. The molecule has 0 aliphatic carbocycles. The van der Waals surface area contributed by atoms with Gasteiger partial charge in [-0.25, -0.2) is 0 Å². The van der Waals surface area contributed by atoms with Gasteiger partial charge in [0.25, 0.3) is 0 Å². The molecule has 0 saturated carbocycles. The van der Waals surface area contributed by atoms with Crippen molar-refractivity contribution >= 4 is 0 Å². The molecule has 2 aliphatic heterocycles. The summed E-state index contributed by atoms with van der Waals surface area (Å²) >= 11 is 0. The van der Waals surface area contributed by atoms with Gasteiger partial charge in [-0.2, -0.15) is 0 Å². The predicted octanol–water partition coefficient (Wildman–Crippen LogP) is 3.64. The van der Waals surface area contributed by atoms with Crippen LogP contribution in [0.3, 0.4) is 0 Å². The standard InChI is InChI=1S/C21H25NO2/c1-3-7-18(8-4-1)15-20-16-21(23-13-14-24-21)11-12-22(20)17-19-9-5-2-6-10-19/h1-10,20H,11-17H2/t20-/m1/s1. The summed E-state index contributed by atoms with van der Waals surface area (Å²) in [6.45, 7) is 3.48. The number of hydrogen-bond donors (Lipinski definition) is 0. The minimum atomic E-state index is -0.341. The second kappa shape index (κ2) is 7.06. The maximum Gasteiger partial charge on any atom is 0.171 e. The fraction of sp³-hybridized carbons (Fsp3) is 0.429. The molecule has 126 valence electrons. The molecule has 2 saturated heterocycles. The topological polar surface area (TPSA) is 21.7 Å². The number of benzene rings is 2. The molecular weight excluding hydrogens is 298 g/mol. The van der Waals surface area contributed by atoms with Crippen molar-refractivity contribution in [3.8, 4) is 0 Å². The average Bonchev–Trinajstić information content (AvgIpc) is 3.07. The molecule has 0 amide bonds. The predicted molar refractivity (Wildman–Crippen MR) is 94.7 cm³/mol. The monoisotopic (exact) mass is 323 g/mol. The lowest BCUT2D eigenvalue weighted by molar-refractivity contribution is -0.197. The minimum absolute atomic E-state index is 0.341. The molecule has 3 heteroatoms. The third-order valence-corrected chi connectivity index (χ3v) is 5.20. The first kappa shape index (κ1) is 15.8. The van der Waals surface area contributed by atoms with Crippen LogP contribution in [0, 0.1) is 0 Å². The van der Waals surface area contributed by atoms with Gasteiger partial charge in [0.1, 0.15) is 0 Å². The summed E-state index contributed by atoms with van der Waals surface area (Å²) in [4.78, 5) is 2.60. The normalized spacial score (nSPS) is 23.6. The Balaban J connectivity index is 1.52. The van der Waals surface area contributed by atoms with E-state index in [9.17, 15) is 0 Å². The van der Waals surface area contributed by atoms with E-state index in [2.05, 4.69) is 65.6 Å². The number of piperidine rings is 1. The van der Waals surface area contributed by atoms with Crippen LogP contribution in [-0.2, 0) is 22.4 Å². The summed E-state index contributed by atoms with van der Waals surface area (Å²) in [6.07, 6.45) is 2.96. The van der Waals surface area contributed by atoms with Crippen LogP contribution in [0.15, 0.2) is 60.7 Å². The molecule has 4 rings (SSSR count). The molecule has 3 nitrogen and oxygen atoms in total. The molecule has 0 unspecified atom stereocenters. The molecule has 1 atom stereocenters. The molecular formula is C21H25NO2. The molecule has 0 aromatic heterocycles. The Labute approximate surface area is 144 Å². The van der Waals surface area contributed by atoms with Gasteiger partial charge in [-0.1, -0.05) is 60.7 Å². The lowest BCUT2D eigenvalue weighted by Gasteiger charge is -2.43. The van der Waals surface area contributed by atoms with Gasteiger partial charge in [-0.15, -0.1) is 0 Å². The van der Waals surface area contributed by atoms with E-state index >= 15 is 0 Å². The van der Waals surface area contributed by atoms with Crippen LogP contribution in [0.4, 0.5) is 0 Å². The summed E-state index contributed by atoms with van der Waals surface area (Å²) < 4.78 is 12.0. The molecule has 0 bridgehead atoms. The first-order chi connectivity index (χ1) is 11.8. The highest BCUT2D eigenvalue weighted by Crippen LogP contribution is 2.36. The number of likely N-dealkylation sites (tertiary alicyclic amines) is 1. The van der Waals surface area contributed by atoms with Crippen LogP contribution in [0.25, 0.3) is 0 Å². The van der Waals surface area contributed by atoms with Crippen molar-refractivity contribution in [1.29, 1.82) is 0 Å². The number of ether oxygens (including phenoxy) is 2. The van der Waals surface area contributed by atoms with Crippen LogP contribution in [0.2, 0.25) is 0 Å². The molecule has 2 aromatic rings. The number of hydrogen-bond acceptors (Lipinski definition) is 3. The van der Waals surface area contributed by atoms with Crippen LogP contribution in [0.5, 0.6) is 0 Å². The van der Waals surface area contributed by atoms with Crippen molar-refractivity contribution in [2.24, 2.45) is 0 Å². The maximum absolute atomic E-state index is 6.00. The van der Waals surface area contributed by atoms with Crippen molar-refractivity contribution in [2.75, 3.05) is 19.8 Å². The minimum Gasteiger partial charge on any atom is -0.347 e. The molecule has 2 fully saturated rings. The number of nitrogens with zero attached hydrogens (tertiary/aromatic N) is 1. The van der Waals surface area contributed by atoms with Gasteiger partial charge >= 0.3 is 0 Å². The van der Waals surface area contributed by atoms with E-state index in [1.54, 1.807) is 0 Å². The fourth-order valence-electron chi connectivity index (χ4n) is 3.96. The van der Waals surface area contributed by atoms with Crippen molar-refractivity contribution in [3.05, 3.63) is 71.8 Å². The van der Waals surface area contributed by atoms with E-state index in [0.717, 1.165) is 45.6 Å². The molecule has 0 N–H and O–H groups in total. The SMILES string of the molecule is c1ccc(C[C@@H]2CC3(CCN2Cc2ccccc2)OCCO3)cc1. The summed E-state index contributed by atoms with van der Waals surface area (Å²) in [7, 11) is 0. The van der Waals surface area contributed by atoms with Crippen LogP contribution < -0.4 is 0 Å². The molecule has 1 spiro atoms. The maximum atomic E-state index is 6.00. The highest BCUT2D eigenvalue weighted by molar-refractivity contribution is 5.18. The smallest absolute Gasteiger partial charge is 0.171 e. The van der Waals surface area contributed by atoms with Crippen LogP contribution in [-0.4, -0.2) is 36.5 Å². The summed E-state index contributed by atoms with van der Waals surface area (Å²) in [6, 6.07) is 22.0. The van der Waals surface area contributed by atoms with E-state index < -0.39 is 0 Å². The van der Waals surface area contributed by atoms with Crippen molar-refractivity contribution in [3.63, 3.8) is 0 Å². The molecule has 2 aromatic carbocycles. The highest BCUT2D eigenvalue weighted by atomic mass is 16.7. The molecule has 2 heterocycles. The zero-order valence-corrected chi connectivity index (χ0v) is 14.1. The Hall–Kier alpha value is -1.68. The van der Waals surface area contributed by atoms with Gasteiger partial charge in [0.15, 0.2) is 5.79 Å². The van der Waals surface area contributed by atoms with Gasteiger partial charge in [0.2, 0.25) is 0 Å². The number of rotatable bonds is 4. The van der Waals surface area contributed by atoms with Crippen molar-refractivity contribution in [2.45, 2.75) is 37.6 Å². The van der Waals surface area contributed by atoms with E-state index in [-0.39, 0.29) is 5.79 Å². The van der Waals surface area contributed by atoms with E-state index in [1.165, 1.54) is 11.1 Å². The van der Waals surface area contributed by atoms with E-state index in [1.807, 2.05) is 0 Å². The largest absolute Gasteiger partial charge is 0.347 e. The van der Waals surface area contributed by atoms with Crippen molar-refractivity contribution < 1.29 is 9.47 Å². The van der Waals surface area contributed by atoms with Gasteiger partial charge in [-0.3, -0.25) is 4.90 Å². The first-order valence-corrected chi connectivity index (χ1v) is 8.93. The Bertz CT molecular complexity index is 637. The van der Waals surface area contributed by atoms with Crippen LogP contribution in [0.1, 0.15) is 24.0 Å². The molecule has 0 radical (unpaired) electrons.